The molecule has 2 saturated heterocycles. The molecule has 8 heteroatoms. The Balaban J connectivity index is 1.68. The van der Waals surface area contributed by atoms with Gasteiger partial charge in [0, 0.05) is 41.8 Å². The van der Waals surface area contributed by atoms with Gasteiger partial charge in [-0.2, -0.15) is 0 Å². The SMILES string of the molecule is O=C1C(=O)N(CCCN2CCOCC2)[C@@H](c2ccccc2Cl)C1=C(O)c1ccc(Cl)cc1. The lowest BCUT2D eigenvalue weighted by Crippen LogP contribution is -2.39. The Hall–Kier alpha value is -2.38. The number of aliphatic hydroxyl groups excluding tert-OH is 1. The van der Waals surface area contributed by atoms with E-state index in [0.29, 0.717) is 47.4 Å². The topological polar surface area (TPSA) is 70.1 Å². The molecule has 0 aliphatic carbocycles. The van der Waals surface area contributed by atoms with E-state index in [1.807, 2.05) is 0 Å². The molecule has 0 saturated carbocycles. The van der Waals surface area contributed by atoms with Gasteiger partial charge < -0.3 is 14.7 Å². The largest absolute Gasteiger partial charge is 0.507 e. The fourth-order valence-corrected chi connectivity index (χ4v) is 4.55. The average Bonchev–Trinajstić information content (AvgIpc) is 3.05. The number of carbonyl (C=O) groups excluding carboxylic acids is 2. The van der Waals surface area contributed by atoms with Gasteiger partial charge >= 0.3 is 0 Å². The molecule has 0 radical (unpaired) electrons. The van der Waals surface area contributed by atoms with E-state index in [1.165, 1.54) is 4.90 Å². The molecule has 168 valence electrons. The molecule has 2 aliphatic rings. The number of rotatable bonds is 6. The number of nitrogens with zero attached hydrogens (tertiary/aromatic N) is 2. The van der Waals surface area contributed by atoms with Crippen molar-refractivity contribution in [2.75, 3.05) is 39.4 Å². The summed E-state index contributed by atoms with van der Waals surface area (Å²) >= 11 is 12.4. The number of hydrogen-bond acceptors (Lipinski definition) is 5. The van der Waals surface area contributed by atoms with Gasteiger partial charge in [-0.25, -0.2) is 0 Å². The number of ketones is 1. The minimum atomic E-state index is -0.760. The van der Waals surface area contributed by atoms with Gasteiger partial charge in [0.25, 0.3) is 11.7 Å². The van der Waals surface area contributed by atoms with Crippen LogP contribution >= 0.6 is 23.2 Å². The number of hydrogen-bond donors (Lipinski definition) is 1. The summed E-state index contributed by atoms with van der Waals surface area (Å²) in [6, 6.07) is 12.8. The molecule has 2 aromatic rings. The molecule has 1 atom stereocenters. The van der Waals surface area contributed by atoms with Crippen LogP contribution in [-0.2, 0) is 14.3 Å². The molecule has 4 rings (SSSR count). The van der Waals surface area contributed by atoms with Crippen molar-refractivity contribution in [3.63, 3.8) is 0 Å². The van der Waals surface area contributed by atoms with Gasteiger partial charge in [-0.3, -0.25) is 14.5 Å². The van der Waals surface area contributed by atoms with Crippen LogP contribution in [0.15, 0.2) is 54.1 Å². The number of ether oxygens (including phenoxy) is 1. The molecule has 0 aromatic heterocycles. The highest BCUT2D eigenvalue weighted by molar-refractivity contribution is 6.47. The first-order chi connectivity index (χ1) is 15.5. The van der Waals surface area contributed by atoms with Crippen LogP contribution in [0.2, 0.25) is 10.0 Å². The second kappa shape index (κ2) is 10.0. The highest BCUT2D eigenvalue weighted by Gasteiger charge is 2.46. The van der Waals surface area contributed by atoms with Gasteiger partial charge in [-0.05, 0) is 42.3 Å². The molecule has 0 bridgehead atoms. The Bertz CT molecular complexity index is 1030. The molecule has 2 aliphatic heterocycles. The predicted octanol–water partition coefficient (Wildman–Crippen LogP) is 4.14. The number of likely N-dealkylation sites (tertiary alicyclic amines) is 1. The number of aliphatic hydroxyl groups is 1. The number of morpholine rings is 1. The summed E-state index contributed by atoms with van der Waals surface area (Å²) in [6.45, 7) is 4.26. The molecule has 2 fully saturated rings. The van der Waals surface area contributed by atoms with Crippen molar-refractivity contribution in [1.29, 1.82) is 0 Å². The zero-order chi connectivity index (χ0) is 22.7. The van der Waals surface area contributed by atoms with Gasteiger partial charge in [0.15, 0.2) is 0 Å². The molecule has 0 spiro atoms. The summed E-state index contributed by atoms with van der Waals surface area (Å²) in [5, 5.41) is 12.0. The molecule has 2 aromatic carbocycles. The summed E-state index contributed by atoms with van der Waals surface area (Å²) in [7, 11) is 0. The van der Waals surface area contributed by atoms with Crippen LogP contribution in [0.25, 0.3) is 5.76 Å². The van der Waals surface area contributed by atoms with Crippen molar-refractivity contribution in [1.82, 2.24) is 9.80 Å². The van der Waals surface area contributed by atoms with Crippen molar-refractivity contribution in [2.45, 2.75) is 12.5 Å². The van der Waals surface area contributed by atoms with Crippen LogP contribution in [0.4, 0.5) is 0 Å². The normalized spacial score (nSPS) is 21.3. The number of halogens is 2. The zero-order valence-electron chi connectivity index (χ0n) is 17.5. The Labute approximate surface area is 197 Å². The molecular formula is C24H24Cl2N2O4. The van der Waals surface area contributed by atoms with E-state index in [-0.39, 0.29) is 11.3 Å². The Kier molecular flexibility index (Phi) is 7.16. The third-order valence-electron chi connectivity index (χ3n) is 5.83. The molecule has 0 unspecified atom stereocenters. The quantitative estimate of drug-likeness (QED) is 0.387. The van der Waals surface area contributed by atoms with E-state index in [9.17, 15) is 14.7 Å². The third kappa shape index (κ3) is 4.69. The Morgan fingerprint density at radius 2 is 1.69 bits per heavy atom. The van der Waals surface area contributed by atoms with Crippen molar-refractivity contribution >= 4 is 40.7 Å². The van der Waals surface area contributed by atoms with Crippen LogP contribution in [0.5, 0.6) is 0 Å². The number of Topliss-reactive ketones (excluding diaryl/α,β-unsaturated/α-hetero) is 1. The fourth-order valence-electron chi connectivity index (χ4n) is 4.18. The molecule has 2 heterocycles. The summed E-state index contributed by atoms with van der Waals surface area (Å²) in [5.41, 5.74) is 1.06. The first kappa shape index (κ1) is 22.8. The number of amides is 1. The maximum Gasteiger partial charge on any atom is 0.295 e. The van der Waals surface area contributed by atoms with Gasteiger partial charge in [0.2, 0.25) is 0 Å². The van der Waals surface area contributed by atoms with Crippen LogP contribution in [0.3, 0.4) is 0 Å². The minimum Gasteiger partial charge on any atom is -0.507 e. The second-order valence-corrected chi connectivity index (χ2v) is 8.67. The molecule has 6 nitrogen and oxygen atoms in total. The van der Waals surface area contributed by atoms with Crippen molar-refractivity contribution in [3.8, 4) is 0 Å². The summed E-state index contributed by atoms with van der Waals surface area (Å²) in [4.78, 5) is 29.9. The highest BCUT2D eigenvalue weighted by Crippen LogP contribution is 2.41. The second-order valence-electron chi connectivity index (χ2n) is 7.83. The predicted molar refractivity (Wildman–Crippen MR) is 124 cm³/mol. The summed E-state index contributed by atoms with van der Waals surface area (Å²) in [6.07, 6.45) is 0.689. The lowest BCUT2D eigenvalue weighted by Gasteiger charge is -2.29. The summed E-state index contributed by atoms with van der Waals surface area (Å²) < 4.78 is 5.38. The summed E-state index contributed by atoms with van der Waals surface area (Å²) in [5.74, 6) is -1.58. The standard InChI is InChI=1S/C24H24Cl2N2O4/c25-17-8-6-16(7-9-17)22(29)20-21(18-4-1-2-5-19(18)26)28(24(31)23(20)30)11-3-10-27-12-14-32-15-13-27/h1-2,4-9,21,29H,3,10-15H2/t21-/m0/s1. The maximum absolute atomic E-state index is 13.1. The van der Waals surface area contributed by atoms with E-state index in [4.69, 9.17) is 27.9 Å². The Morgan fingerprint density at radius 3 is 2.38 bits per heavy atom. The van der Waals surface area contributed by atoms with Crippen LogP contribution in [0, 0.1) is 0 Å². The monoisotopic (exact) mass is 474 g/mol. The van der Waals surface area contributed by atoms with Crippen LogP contribution in [-0.4, -0.2) is 66.0 Å². The average molecular weight is 475 g/mol. The molecular weight excluding hydrogens is 451 g/mol. The van der Waals surface area contributed by atoms with Gasteiger partial charge in [0.1, 0.15) is 5.76 Å². The number of carbonyl (C=O) groups is 2. The molecule has 1 amide bonds. The van der Waals surface area contributed by atoms with Crippen molar-refractivity contribution in [3.05, 3.63) is 75.3 Å². The minimum absolute atomic E-state index is 0.0387. The van der Waals surface area contributed by atoms with E-state index in [2.05, 4.69) is 4.90 Å². The van der Waals surface area contributed by atoms with Crippen LogP contribution < -0.4 is 0 Å². The van der Waals surface area contributed by atoms with E-state index >= 15 is 0 Å². The highest BCUT2D eigenvalue weighted by atomic mass is 35.5. The Morgan fingerprint density at radius 1 is 1.00 bits per heavy atom. The van der Waals surface area contributed by atoms with E-state index in [0.717, 1.165) is 19.6 Å². The number of benzene rings is 2. The van der Waals surface area contributed by atoms with Crippen molar-refractivity contribution < 1.29 is 19.4 Å². The smallest absolute Gasteiger partial charge is 0.295 e. The van der Waals surface area contributed by atoms with E-state index < -0.39 is 17.7 Å². The molecule has 32 heavy (non-hydrogen) atoms. The van der Waals surface area contributed by atoms with Crippen molar-refractivity contribution in [2.24, 2.45) is 0 Å². The first-order valence-electron chi connectivity index (χ1n) is 10.6. The third-order valence-corrected chi connectivity index (χ3v) is 6.43. The zero-order valence-corrected chi connectivity index (χ0v) is 19.0. The van der Waals surface area contributed by atoms with Gasteiger partial charge in [0.05, 0.1) is 24.8 Å². The van der Waals surface area contributed by atoms with Gasteiger partial charge in [-0.1, -0.05) is 41.4 Å². The van der Waals surface area contributed by atoms with Crippen LogP contribution in [0.1, 0.15) is 23.6 Å². The van der Waals surface area contributed by atoms with Gasteiger partial charge in [-0.15, -0.1) is 0 Å². The molecule has 1 N–H and O–H groups in total. The lowest BCUT2D eigenvalue weighted by molar-refractivity contribution is -0.140. The lowest BCUT2D eigenvalue weighted by atomic mass is 9.95. The fraction of sp³-hybridized carbons (Fsp3) is 0.333. The first-order valence-corrected chi connectivity index (χ1v) is 11.3. The maximum atomic E-state index is 13.1. The van der Waals surface area contributed by atoms with E-state index in [1.54, 1.807) is 48.5 Å².